The second-order valence-electron chi connectivity index (χ2n) is 6.06. The molecule has 1 heterocycles. The summed E-state index contributed by atoms with van der Waals surface area (Å²) >= 11 is 6.24. The number of hydrogen-bond acceptors (Lipinski definition) is 2. The molecule has 0 atom stereocenters. The molecule has 1 fully saturated rings. The fourth-order valence-corrected chi connectivity index (χ4v) is 3.20. The Morgan fingerprint density at radius 3 is 2.46 bits per heavy atom. The number of amides is 2. The standard InChI is InChI=1S/C19H19ClN2O2/c1-13-7-8-15(16(20)11-13)12-21-9-10-22(19(24)18(21)23)17-6-4-3-5-14(17)2/h3-8,11H,9-10,12H2,1-2H3. The molecule has 124 valence electrons. The van der Waals surface area contributed by atoms with Crippen LogP contribution in [0.4, 0.5) is 5.69 Å². The van der Waals surface area contributed by atoms with Crippen LogP contribution < -0.4 is 4.90 Å². The van der Waals surface area contributed by atoms with E-state index in [0.717, 1.165) is 22.4 Å². The van der Waals surface area contributed by atoms with E-state index in [2.05, 4.69) is 0 Å². The van der Waals surface area contributed by atoms with Crippen molar-refractivity contribution >= 4 is 29.1 Å². The molecule has 24 heavy (non-hydrogen) atoms. The highest BCUT2D eigenvalue weighted by molar-refractivity contribution is 6.41. The maximum Gasteiger partial charge on any atom is 0.316 e. The van der Waals surface area contributed by atoms with Crippen molar-refractivity contribution in [3.63, 3.8) is 0 Å². The molecule has 5 heteroatoms. The Kier molecular flexibility index (Phi) is 4.58. The Labute approximate surface area is 146 Å². The lowest BCUT2D eigenvalue weighted by atomic mass is 10.1. The van der Waals surface area contributed by atoms with Crippen molar-refractivity contribution in [3.8, 4) is 0 Å². The fraction of sp³-hybridized carbons (Fsp3) is 0.263. The van der Waals surface area contributed by atoms with Crippen LogP contribution in [-0.4, -0.2) is 29.8 Å². The first-order chi connectivity index (χ1) is 11.5. The Hall–Kier alpha value is -2.33. The first-order valence-electron chi connectivity index (χ1n) is 7.89. The van der Waals surface area contributed by atoms with Crippen LogP contribution in [0, 0.1) is 13.8 Å². The summed E-state index contributed by atoms with van der Waals surface area (Å²) in [6, 6.07) is 13.3. The average molecular weight is 343 g/mol. The Balaban J connectivity index is 1.78. The van der Waals surface area contributed by atoms with E-state index in [0.29, 0.717) is 24.7 Å². The van der Waals surface area contributed by atoms with Gasteiger partial charge in [-0.15, -0.1) is 0 Å². The molecule has 0 saturated carbocycles. The van der Waals surface area contributed by atoms with Crippen molar-refractivity contribution in [2.45, 2.75) is 20.4 Å². The van der Waals surface area contributed by atoms with Crippen LogP contribution in [0.2, 0.25) is 5.02 Å². The molecule has 2 aromatic rings. The molecular weight excluding hydrogens is 324 g/mol. The molecule has 4 nitrogen and oxygen atoms in total. The summed E-state index contributed by atoms with van der Waals surface area (Å²) in [5, 5.41) is 0.622. The molecule has 0 radical (unpaired) electrons. The van der Waals surface area contributed by atoms with E-state index in [4.69, 9.17) is 11.6 Å². The van der Waals surface area contributed by atoms with Gasteiger partial charge in [-0.2, -0.15) is 0 Å². The van der Waals surface area contributed by atoms with E-state index < -0.39 is 11.8 Å². The third-order valence-electron chi connectivity index (χ3n) is 4.28. The Morgan fingerprint density at radius 2 is 1.75 bits per heavy atom. The van der Waals surface area contributed by atoms with Gasteiger partial charge in [-0.3, -0.25) is 9.59 Å². The third kappa shape index (κ3) is 3.15. The van der Waals surface area contributed by atoms with Crippen LogP contribution in [0.5, 0.6) is 0 Å². The molecule has 1 saturated heterocycles. The van der Waals surface area contributed by atoms with Crippen molar-refractivity contribution in [2.75, 3.05) is 18.0 Å². The minimum Gasteiger partial charge on any atom is -0.328 e. The highest BCUT2D eigenvalue weighted by Crippen LogP contribution is 2.24. The first-order valence-corrected chi connectivity index (χ1v) is 8.26. The number of carbonyl (C=O) groups is 2. The summed E-state index contributed by atoms with van der Waals surface area (Å²) in [5.41, 5.74) is 3.70. The summed E-state index contributed by atoms with van der Waals surface area (Å²) in [6.07, 6.45) is 0. The molecule has 0 N–H and O–H groups in total. The van der Waals surface area contributed by atoms with E-state index in [1.165, 1.54) is 0 Å². The Bertz CT molecular complexity index is 804. The minimum absolute atomic E-state index is 0.352. The number of hydrogen-bond donors (Lipinski definition) is 0. The fourth-order valence-electron chi connectivity index (χ4n) is 2.91. The van der Waals surface area contributed by atoms with Gasteiger partial charge >= 0.3 is 11.8 Å². The molecule has 0 aromatic heterocycles. The second kappa shape index (κ2) is 6.65. The summed E-state index contributed by atoms with van der Waals surface area (Å²) in [7, 11) is 0. The van der Waals surface area contributed by atoms with Crippen molar-refractivity contribution < 1.29 is 9.59 Å². The number of aryl methyl sites for hydroxylation is 2. The molecule has 1 aliphatic heterocycles. The zero-order valence-corrected chi connectivity index (χ0v) is 14.5. The maximum atomic E-state index is 12.5. The van der Waals surface area contributed by atoms with Gasteiger partial charge in [-0.1, -0.05) is 41.9 Å². The number of anilines is 1. The molecule has 0 unspecified atom stereocenters. The van der Waals surface area contributed by atoms with Crippen LogP contribution in [-0.2, 0) is 16.1 Å². The van der Waals surface area contributed by atoms with Crippen molar-refractivity contribution in [1.29, 1.82) is 0 Å². The van der Waals surface area contributed by atoms with Gasteiger partial charge in [0.15, 0.2) is 0 Å². The lowest BCUT2D eigenvalue weighted by Gasteiger charge is -2.34. The van der Waals surface area contributed by atoms with E-state index in [1.54, 1.807) is 9.80 Å². The van der Waals surface area contributed by atoms with Crippen LogP contribution in [0.15, 0.2) is 42.5 Å². The van der Waals surface area contributed by atoms with Crippen LogP contribution in [0.3, 0.4) is 0 Å². The van der Waals surface area contributed by atoms with E-state index in [9.17, 15) is 9.59 Å². The van der Waals surface area contributed by atoms with Gasteiger partial charge in [0.05, 0.1) is 0 Å². The van der Waals surface area contributed by atoms with Crippen molar-refractivity contribution in [2.24, 2.45) is 0 Å². The summed E-state index contributed by atoms with van der Waals surface area (Å²) in [4.78, 5) is 28.1. The van der Waals surface area contributed by atoms with Gasteiger partial charge in [0, 0.05) is 30.3 Å². The molecule has 2 aromatic carbocycles. The number of nitrogens with zero attached hydrogens (tertiary/aromatic N) is 2. The van der Waals surface area contributed by atoms with Crippen molar-refractivity contribution in [1.82, 2.24) is 4.90 Å². The SMILES string of the molecule is Cc1ccc(CN2CCN(c3ccccc3C)C(=O)C2=O)c(Cl)c1. The van der Waals surface area contributed by atoms with Gasteiger partial charge in [0.1, 0.15) is 0 Å². The molecule has 2 amide bonds. The predicted octanol–water partition coefficient (Wildman–Crippen LogP) is 3.33. The highest BCUT2D eigenvalue weighted by Gasteiger charge is 2.34. The van der Waals surface area contributed by atoms with Gasteiger partial charge in [-0.25, -0.2) is 0 Å². The minimum atomic E-state index is -0.487. The van der Waals surface area contributed by atoms with Gasteiger partial charge in [0.25, 0.3) is 0 Å². The third-order valence-corrected chi connectivity index (χ3v) is 4.64. The van der Waals surface area contributed by atoms with Crippen molar-refractivity contribution in [3.05, 3.63) is 64.2 Å². The van der Waals surface area contributed by atoms with Crippen LogP contribution in [0.1, 0.15) is 16.7 Å². The smallest absolute Gasteiger partial charge is 0.316 e. The van der Waals surface area contributed by atoms with Crippen LogP contribution in [0.25, 0.3) is 0 Å². The monoisotopic (exact) mass is 342 g/mol. The summed E-state index contributed by atoms with van der Waals surface area (Å²) in [6.45, 7) is 5.23. The Morgan fingerprint density at radius 1 is 1.00 bits per heavy atom. The van der Waals surface area contributed by atoms with E-state index in [-0.39, 0.29) is 0 Å². The van der Waals surface area contributed by atoms with Gasteiger partial charge in [0.2, 0.25) is 0 Å². The molecule has 1 aliphatic rings. The zero-order valence-electron chi connectivity index (χ0n) is 13.8. The molecule has 0 spiro atoms. The maximum absolute atomic E-state index is 12.5. The molecule has 0 bridgehead atoms. The second-order valence-corrected chi connectivity index (χ2v) is 6.47. The van der Waals surface area contributed by atoms with E-state index >= 15 is 0 Å². The first kappa shape index (κ1) is 16.5. The lowest BCUT2D eigenvalue weighted by molar-refractivity contribution is -0.146. The summed E-state index contributed by atoms with van der Waals surface area (Å²) in [5.74, 6) is -0.972. The highest BCUT2D eigenvalue weighted by atomic mass is 35.5. The number of piperazine rings is 1. The summed E-state index contributed by atoms with van der Waals surface area (Å²) < 4.78 is 0. The predicted molar refractivity (Wildman–Crippen MR) is 95.1 cm³/mol. The normalized spacial score (nSPS) is 15.1. The zero-order chi connectivity index (χ0) is 17.3. The lowest BCUT2D eigenvalue weighted by Crippen LogP contribution is -2.54. The average Bonchev–Trinajstić information content (AvgIpc) is 2.55. The molecule has 0 aliphatic carbocycles. The molecular formula is C19H19ClN2O2. The molecule has 3 rings (SSSR count). The van der Waals surface area contributed by atoms with Crippen LogP contribution >= 0.6 is 11.6 Å². The number of halogens is 1. The number of carbonyl (C=O) groups excluding carboxylic acids is 2. The largest absolute Gasteiger partial charge is 0.328 e. The number of para-hydroxylation sites is 1. The number of benzene rings is 2. The topological polar surface area (TPSA) is 40.6 Å². The van der Waals surface area contributed by atoms with E-state index in [1.807, 2.05) is 56.3 Å². The number of rotatable bonds is 3. The van der Waals surface area contributed by atoms with Gasteiger partial charge in [-0.05, 0) is 42.7 Å². The quantitative estimate of drug-likeness (QED) is 0.803. The van der Waals surface area contributed by atoms with Gasteiger partial charge < -0.3 is 9.80 Å².